The number of halogens is 1. The number of hydrogen-bond acceptors (Lipinski definition) is 1. The third-order valence-electron chi connectivity index (χ3n) is 2.25. The number of nitrogens with one attached hydrogen (secondary N) is 1. The Bertz CT molecular complexity index is 337. The number of carbonyl (C=O) groups excluding carboxylic acids is 1. The molecule has 3 heteroatoms. The maximum absolute atomic E-state index is 11.0. The monoisotopic (exact) mass is 287 g/mol. The second kappa shape index (κ2) is 3.65. The molecule has 1 aliphatic heterocycles. The van der Waals surface area contributed by atoms with E-state index in [-0.39, 0.29) is 11.9 Å². The zero-order valence-electron chi connectivity index (χ0n) is 7.09. The Labute approximate surface area is 90.9 Å². The number of amides is 1. The molecule has 1 N–H and O–H groups in total. The summed E-state index contributed by atoms with van der Waals surface area (Å²) in [5.41, 5.74) is 1.22. The van der Waals surface area contributed by atoms with E-state index in [0.29, 0.717) is 6.42 Å². The van der Waals surface area contributed by atoms with Crippen LogP contribution in [0.4, 0.5) is 0 Å². The van der Waals surface area contributed by atoms with Gasteiger partial charge >= 0.3 is 0 Å². The summed E-state index contributed by atoms with van der Waals surface area (Å²) in [4.78, 5) is 11.0. The first-order valence-corrected chi connectivity index (χ1v) is 5.38. The van der Waals surface area contributed by atoms with E-state index < -0.39 is 0 Å². The molecule has 2 nitrogen and oxygen atoms in total. The lowest BCUT2D eigenvalue weighted by Gasteiger charge is -2.09. The molecule has 0 aliphatic carbocycles. The average molecular weight is 287 g/mol. The van der Waals surface area contributed by atoms with E-state index in [0.717, 1.165) is 6.42 Å². The van der Waals surface area contributed by atoms with Gasteiger partial charge in [0.2, 0.25) is 5.91 Å². The number of carbonyl (C=O) groups is 1. The summed E-state index contributed by atoms with van der Waals surface area (Å²) in [5, 5.41) is 2.96. The van der Waals surface area contributed by atoms with Gasteiger partial charge in [0, 0.05) is 9.99 Å². The molecule has 1 saturated heterocycles. The van der Waals surface area contributed by atoms with Crippen molar-refractivity contribution in [3.63, 3.8) is 0 Å². The molecule has 1 aromatic rings. The molecule has 0 saturated carbocycles. The van der Waals surface area contributed by atoms with Crippen molar-refractivity contribution in [2.24, 2.45) is 0 Å². The summed E-state index contributed by atoms with van der Waals surface area (Å²) in [6, 6.07) is 8.51. The van der Waals surface area contributed by atoms with E-state index in [9.17, 15) is 4.79 Å². The van der Waals surface area contributed by atoms with Crippen molar-refractivity contribution in [1.29, 1.82) is 0 Å². The van der Waals surface area contributed by atoms with Crippen LogP contribution in [0.1, 0.15) is 24.4 Å². The minimum Gasteiger partial charge on any atom is -0.349 e. The maximum Gasteiger partial charge on any atom is 0.220 e. The van der Waals surface area contributed by atoms with Crippen LogP contribution in [-0.2, 0) is 4.79 Å². The van der Waals surface area contributed by atoms with Crippen LogP contribution in [0.25, 0.3) is 0 Å². The van der Waals surface area contributed by atoms with Crippen molar-refractivity contribution in [3.8, 4) is 0 Å². The molecule has 2 rings (SSSR count). The normalized spacial score (nSPS) is 21.6. The SMILES string of the molecule is O=C1CCC(c2cccc(I)c2)N1. The summed E-state index contributed by atoms with van der Waals surface area (Å²) < 4.78 is 1.22. The van der Waals surface area contributed by atoms with Gasteiger partial charge in [-0.1, -0.05) is 12.1 Å². The highest BCUT2D eigenvalue weighted by atomic mass is 127. The van der Waals surface area contributed by atoms with Crippen LogP contribution in [-0.4, -0.2) is 5.91 Å². The quantitative estimate of drug-likeness (QED) is 0.789. The Morgan fingerprint density at radius 2 is 2.31 bits per heavy atom. The van der Waals surface area contributed by atoms with Gasteiger partial charge in [0.05, 0.1) is 6.04 Å². The Hall–Kier alpha value is -0.580. The molecular weight excluding hydrogens is 277 g/mol. The molecule has 0 aromatic heterocycles. The third-order valence-corrected chi connectivity index (χ3v) is 2.92. The van der Waals surface area contributed by atoms with Crippen molar-refractivity contribution in [2.45, 2.75) is 18.9 Å². The minimum absolute atomic E-state index is 0.170. The average Bonchev–Trinajstić information content (AvgIpc) is 2.52. The summed E-state index contributed by atoms with van der Waals surface area (Å²) in [5.74, 6) is 0.170. The Kier molecular flexibility index (Phi) is 2.53. The molecule has 1 fully saturated rings. The third kappa shape index (κ3) is 2.02. The van der Waals surface area contributed by atoms with Crippen LogP contribution in [0, 0.1) is 3.57 Å². The van der Waals surface area contributed by atoms with Crippen molar-refractivity contribution in [2.75, 3.05) is 0 Å². The summed E-state index contributed by atoms with van der Waals surface area (Å²) in [6.45, 7) is 0. The van der Waals surface area contributed by atoms with Gasteiger partial charge in [0.1, 0.15) is 0 Å². The largest absolute Gasteiger partial charge is 0.349 e. The first kappa shape index (κ1) is 8.99. The standard InChI is InChI=1S/C10H10INO/c11-8-3-1-2-7(6-8)9-4-5-10(13)12-9/h1-3,6,9H,4-5H2,(H,12,13). The summed E-state index contributed by atoms with van der Waals surface area (Å²) in [6.07, 6.45) is 1.59. The topological polar surface area (TPSA) is 29.1 Å². The zero-order chi connectivity index (χ0) is 9.26. The first-order valence-electron chi connectivity index (χ1n) is 4.30. The van der Waals surface area contributed by atoms with E-state index in [1.807, 2.05) is 6.07 Å². The van der Waals surface area contributed by atoms with Crippen molar-refractivity contribution < 1.29 is 4.79 Å². The van der Waals surface area contributed by atoms with Crippen molar-refractivity contribution in [1.82, 2.24) is 5.32 Å². The van der Waals surface area contributed by atoms with E-state index >= 15 is 0 Å². The van der Waals surface area contributed by atoms with Crippen LogP contribution in [0.3, 0.4) is 0 Å². The summed E-state index contributed by atoms with van der Waals surface area (Å²) in [7, 11) is 0. The fourth-order valence-corrected chi connectivity index (χ4v) is 2.15. The highest BCUT2D eigenvalue weighted by Gasteiger charge is 2.21. The second-order valence-electron chi connectivity index (χ2n) is 3.21. The first-order chi connectivity index (χ1) is 6.25. The van der Waals surface area contributed by atoms with E-state index in [1.54, 1.807) is 0 Å². The van der Waals surface area contributed by atoms with Crippen molar-refractivity contribution in [3.05, 3.63) is 33.4 Å². The molecule has 1 aromatic carbocycles. The molecule has 0 spiro atoms. The van der Waals surface area contributed by atoms with Gasteiger partial charge in [-0.2, -0.15) is 0 Å². The van der Waals surface area contributed by atoms with Gasteiger partial charge in [-0.25, -0.2) is 0 Å². The van der Waals surface area contributed by atoms with Crippen LogP contribution in [0.15, 0.2) is 24.3 Å². The molecule has 1 heterocycles. The molecule has 1 atom stereocenters. The zero-order valence-corrected chi connectivity index (χ0v) is 9.24. The van der Waals surface area contributed by atoms with E-state index in [4.69, 9.17) is 0 Å². The van der Waals surface area contributed by atoms with Crippen LogP contribution >= 0.6 is 22.6 Å². The minimum atomic E-state index is 0.170. The lowest BCUT2D eigenvalue weighted by molar-refractivity contribution is -0.119. The molecule has 0 radical (unpaired) electrons. The molecular formula is C10H10INO. The molecule has 1 amide bonds. The highest BCUT2D eigenvalue weighted by Crippen LogP contribution is 2.24. The van der Waals surface area contributed by atoms with Gasteiger partial charge in [-0.3, -0.25) is 4.79 Å². The molecule has 68 valence electrons. The van der Waals surface area contributed by atoms with Crippen molar-refractivity contribution >= 4 is 28.5 Å². The number of hydrogen-bond donors (Lipinski definition) is 1. The van der Waals surface area contributed by atoms with Gasteiger partial charge < -0.3 is 5.32 Å². The lowest BCUT2D eigenvalue weighted by Crippen LogP contribution is -2.18. The van der Waals surface area contributed by atoms with Gasteiger partial charge in [-0.15, -0.1) is 0 Å². The van der Waals surface area contributed by atoms with Crippen LogP contribution in [0.2, 0.25) is 0 Å². The second-order valence-corrected chi connectivity index (χ2v) is 4.46. The van der Waals surface area contributed by atoms with Crippen LogP contribution < -0.4 is 5.32 Å². The van der Waals surface area contributed by atoms with Crippen LogP contribution in [0.5, 0.6) is 0 Å². The number of benzene rings is 1. The van der Waals surface area contributed by atoms with Gasteiger partial charge in [0.25, 0.3) is 0 Å². The maximum atomic E-state index is 11.0. The molecule has 1 aliphatic rings. The lowest BCUT2D eigenvalue weighted by atomic mass is 10.1. The van der Waals surface area contributed by atoms with E-state index in [1.165, 1.54) is 9.13 Å². The van der Waals surface area contributed by atoms with E-state index in [2.05, 4.69) is 46.1 Å². The predicted molar refractivity (Wildman–Crippen MR) is 59.3 cm³/mol. The molecule has 13 heavy (non-hydrogen) atoms. The van der Waals surface area contributed by atoms with Gasteiger partial charge in [-0.05, 0) is 46.7 Å². The Morgan fingerprint density at radius 1 is 1.46 bits per heavy atom. The Morgan fingerprint density at radius 3 is 2.92 bits per heavy atom. The fourth-order valence-electron chi connectivity index (χ4n) is 1.59. The molecule has 1 unspecified atom stereocenters. The number of rotatable bonds is 1. The fraction of sp³-hybridized carbons (Fsp3) is 0.300. The smallest absolute Gasteiger partial charge is 0.220 e. The Balaban J connectivity index is 2.21. The highest BCUT2D eigenvalue weighted by molar-refractivity contribution is 14.1. The summed E-state index contributed by atoms with van der Waals surface area (Å²) >= 11 is 2.28. The predicted octanol–water partition coefficient (Wildman–Crippen LogP) is 2.24. The molecule has 0 bridgehead atoms. The van der Waals surface area contributed by atoms with Gasteiger partial charge in [0.15, 0.2) is 0 Å².